The number of methoxy groups -OCH3 is 1. The first-order valence-corrected chi connectivity index (χ1v) is 6.04. The van der Waals surface area contributed by atoms with Gasteiger partial charge in [0, 0.05) is 16.8 Å². The minimum absolute atomic E-state index is 0.0583. The van der Waals surface area contributed by atoms with Crippen LogP contribution in [0.4, 0.5) is 5.69 Å². The van der Waals surface area contributed by atoms with Crippen LogP contribution >= 0.6 is 0 Å². The van der Waals surface area contributed by atoms with Crippen molar-refractivity contribution in [1.82, 2.24) is 0 Å². The number of carbonyl (C=O) groups is 1. The van der Waals surface area contributed by atoms with E-state index in [1.807, 2.05) is 54.6 Å². The van der Waals surface area contributed by atoms with E-state index in [9.17, 15) is 4.79 Å². The third-order valence-electron chi connectivity index (χ3n) is 3.14. The average molecular weight is 251 g/mol. The van der Waals surface area contributed by atoms with Crippen molar-refractivity contribution in [3.63, 3.8) is 0 Å². The molecule has 0 unspecified atom stereocenters. The lowest BCUT2D eigenvalue weighted by atomic mass is 10.0. The van der Waals surface area contributed by atoms with Gasteiger partial charge >= 0.3 is 0 Å². The lowest BCUT2D eigenvalue weighted by Gasteiger charge is -2.01. The number of rotatable bonds is 2. The second-order valence-corrected chi connectivity index (χ2v) is 4.33. The molecule has 0 saturated heterocycles. The fourth-order valence-electron chi connectivity index (χ4n) is 2.15. The van der Waals surface area contributed by atoms with E-state index in [0.29, 0.717) is 5.57 Å². The maximum atomic E-state index is 12.0. The zero-order valence-electron chi connectivity index (χ0n) is 10.5. The van der Waals surface area contributed by atoms with Gasteiger partial charge in [0.05, 0.1) is 7.11 Å². The fraction of sp³-hybridized carbons (Fsp3) is 0.0625. The molecule has 0 radical (unpaired) electrons. The fourth-order valence-corrected chi connectivity index (χ4v) is 2.15. The molecule has 3 nitrogen and oxygen atoms in total. The Morgan fingerprint density at radius 2 is 1.79 bits per heavy atom. The summed E-state index contributed by atoms with van der Waals surface area (Å²) in [7, 11) is 1.63. The van der Waals surface area contributed by atoms with Gasteiger partial charge in [-0.15, -0.1) is 0 Å². The van der Waals surface area contributed by atoms with Gasteiger partial charge in [-0.1, -0.05) is 30.3 Å². The predicted octanol–water partition coefficient (Wildman–Crippen LogP) is 3.19. The highest BCUT2D eigenvalue weighted by Gasteiger charge is 2.22. The van der Waals surface area contributed by atoms with Crippen LogP contribution in [0.5, 0.6) is 5.75 Å². The van der Waals surface area contributed by atoms with Crippen LogP contribution < -0.4 is 10.1 Å². The topological polar surface area (TPSA) is 38.3 Å². The second-order valence-electron chi connectivity index (χ2n) is 4.33. The molecule has 1 heterocycles. The maximum Gasteiger partial charge on any atom is 0.256 e. The first kappa shape index (κ1) is 11.5. The number of para-hydroxylation sites is 1. The highest BCUT2D eigenvalue weighted by molar-refractivity contribution is 6.34. The Hall–Kier alpha value is -2.55. The molecule has 0 atom stereocenters. The largest absolute Gasteiger partial charge is 0.497 e. The molecular formula is C16H13NO2. The van der Waals surface area contributed by atoms with Crippen LogP contribution in [-0.4, -0.2) is 13.0 Å². The number of ether oxygens (including phenoxy) is 1. The molecule has 1 aliphatic rings. The Morgan fingerprint density at radius 1 is 1.05 bits per heavy atom. The van der Waals surface area contributed by atoms with Crippen LogP contribution in [0.3, 0.4) is 0 Å². The second kappa shape index (κ2) is 4.61. The smallest absolute Gasteiger partial charge is 0.256 e. The normalized spacial score (nSPS) is 15.2. The Kier molecular flexibility index (Phi) is 2.80. The summed E-state index contributed by atoms with van der Waals surface area (Å²) in [6.45, 7) is 0. The van der Waals surface area contributed by atoms with Crippen molar-refractivity contribution in [3.8, 4) is 5.75 Å². The van der Waals surface area contributed by atoms with E-state index in [-0.39, 0.29) is 5.91 Å². The van der Waals surface area contributed by atoms with Gasteiger partial charge < -0.3 is 10.1 Å². The Balaban J connectivity index is 2.01. The molecule has 1 N–H and O–H groups in total. The average Bonchev–Trinajstić information content (AvgIpc) is 2.76. The molecule has 0 fully saturated rings. The summed E-state index contributed by atoms with van der Waals surface area (Å²) in [6.07, 6.45) is 1.89. The molecule has 3 rings (SSSR count). The molecule has 1 amide bonds. The molecule has 3 heteroatoms. The molecule has 94 valence electrons. The van der Waals surface area contributed by atoms with Crippen molar-refractivity contribution in [2.75, 3.05) is 12.4 Å². The molecule has 0 aromatic heterocycles. The van der Waals surface area contributed by atoms with Gasteiger partial charge in [0.25, 0.3) is 5.91 Å². The number of hydrogen-bond donors (Lipinski definition) is 1. The van der Waals surface area contributed by atoms with E-state index in [1.165, 1.54) is 0 Å². The van der Waals surface area contributed by atoms with Crippen LogP contribution in [-0.2, 0) is 4.79 Å². The van der Waals surface area contributed by atoms with Gasteiger partial charge in [-0.25, -0.2) is 0 Å². The summed E-state index contributed by atoms with van der Waals surface area (Å²) in [4.78, 5) is 12.0. The van der Waals surface area contributed by atoms with E-state index >= 15 is 0 Å². The van der Waals surface area contributed by atoms with Crippen molar-refractivity contribution < 1.29 is 9.53 Å². The predicted molar refractivity (Wildman–Crippen MR) is 75.9 cm³/mol. The van der Waals surface area contributed by atoms with Crippen molar-refractivity contribution in [1.29, 1.82) is 0 Å². The van der Waals surface area contributed by atoms with Gasteiger partial charge in [-0.2, -0.15) is 0 Å². The molecule has 0 saturated carbocycles. The minimum atomic E-state index is -0.0583. The summed E-state index contributed by atoms with van der Waals surface area (Å²) in [5.74, 6) is 0.746. The van der Waals surface area contributed by atoms with Gasteiger partial charge in [-0.05, 0) is 29.8 Å². The van der Waals surface area contributed by atoms with E-state index in [0.717, 1.165) is 22.6 Å². The molecule has 19 heavy (non-hydrogen) atoms. The molecule has 1 aliphatic heterocycles. The molecule has 0 spiro atoms. The summed E-state index contributed by atoms with van der Waals surface area (Å²) in [5, 5.41) is 2.86. The highest BCUT2D eigenvalue weighted by Crippen LogP contribution is 2.32. The van der Waals surface area contributed by atoms with Crippen molar-refractivity contribution in [2.45, 2.75) is 0 Å². The molecule has 0 bridgehead atoms. The third-order valence-corrected chi connectivity index (χ3v) is 3.14. The van der Waals surface area contributed by atoms with Crippen molar-refractivity contribution in [2.24, 2.45) is 0 Å². The Labute approximate surface area is 111 Å². The van der Waals surface area contributed by atoms with E-state index in [4.69, 9.17) is 4.74 Å². The van der Waals surface area contributed by atoms with E-state index in [2.05, 4.69) is 5.32 Å². The molecular weight excluding hydrogens is 238 g/mol. The van der Waals surface area contributed by atoms with E-state index in [1.54, 1.807) is 7.11 Å². The lowest BCUT2D eigenvalue weighted by molar-refractivity contribution is -0.110. The van der Waals surface area contributed by atoms with Crippen molar-refractivity contribution in [3.05, 3.63) is 59.7 Å². The number of amides is 1. The quantitative estimate of drug-likeness (QED) is 0.832. The zero-order valence-corrected chi connectivity index (χ0v) is 10.5. The van der Waals surface area contributed by atoms with Crippen LogP contribution in [0.1, 0.15) is 11.1 Å². The first-order valence-electron chi connectivity index (χ1n) is 6.04. The van der Waals surface area contributed by atoms with Gasteiger partial charge in [0.1, 0.15) is 5.75 Å². The van der Waals surface area contributed by atoms with Crippen LogP contribution in [0.15, 0.2) is 48.5 Å². The molecule has 0 aliphatic carbocycles. The van der Waals surface area contributed by atoms with Crippen LogP contribution in [0, 0.1) is 0 Å². The van der Waals surface area contributed by atoms with E-state index < -0.39 is 0 Å². The van der Waals surface area contributed by atoms with Gasteiger partial charge in [-0.3, -0.25) is 4.79 Å². The Morgan fingerprint density at radius 3 is 2.53 bits per heavy atom. The van der Waals surface area contributed by atoms with Crippen LogP contribution in [0.25, 0.3) is 11.6 Å². The van der Waals surface area contributed by atoms with Crippen molar-refractivity contribution >= 4 is 23.2 Å². The lowest BCUT2D eigenvalue weighted by Crippen LogP contribution is -2.03. The summed E-state index contributed by atoms with van der Waals surface area (Å²) in [5.41, 5.74) is 3.49. The monoisotopic (exact) mass is 251 g/mol. The van der Waals surface area contributed by atoms with Crippen LogP contribution in [0.2, 0.25) is 0 Å². The number of benzene rings is 2. The molecule has 2 aromatic carbocycles. The number of hydrogen-bond acceptors (Lipinski definition) is 2. The summed E-state index contributed by atoms with van der Waals surface area (Å²) in [6, 6.07) is 15.3. The summed E-state index contributed by atoms with van der Waals surface area (Å²) >= 11 is 0. The van der Waals surface area contributed by atoms with Gasteiger partial charge in [0.15, 0.2) is 0 Å². The maximum absolute atomic E-state index is 12.0. The zero-order chi connectivity index (χ0) is 13.2. The number of anilines is 1. The Bertz CT molecular complexity index is 657. The third kappa shape index (κ3) is 2.10. The minimum Gasteiger partial charge on any atom is -0.497 e. The molecule has 2 aromatic rings. The first-order chi connectivity index (χ1) is 9.28. The number of carbonyl (C=O) groups excluding carboxylic acids is 1. The summed E-state index contributed by atoms with van der Waals surface area (Å²) < 4.78 is 5.12. The van der Waals surface area contributed by atoms with Gasteiger partial charge in [0.2, 0.25) is 0 Å². The number of fused-ring (bicyclic) bond motifs is 1. The SMILES string of the molecule is COc1ccc(C=C2C(=O)Nc3ccccc32)cc1. The number of nitrogens with one attached hydrogen (secondary N) is 1. The standard InChI is InChI=1S/C16H13NO2/c1-19-12-8-6-11(7-9-12)10-14-13-4-2-3-5-15(13)17-16(14)18/h2-10H,1H3,(H,17,18). The highest BCUT2D eigenvalue weighted by atomic mass is 16.5.